The molecule has 19 heavy (non-hydrogen) atoms. The van der Waals surface area contributed by atoms with Crippen molar-refractivity contribution in [2.75, 3.05) is 32.9 Å². The van der Waals surface area contributed by atoms with E-state index in [4.69, 9.17) is 0 Å². The maximum absolute atomic E-state index is 13.9. The number of aryl methyl sites for hydroxylation is 1. The monoisotopic (exact) mass is 294 g/mol. The number of benzene rings is 1. The Morgan fingerprint density at radius 1 is 1.21 bits per heavy atom. The molecular weight excluding hydrogens is 277 g/mol. The van der Waals surface area contributed by atoms with Gasteiger partial charge in [-0.25, -0.2) is 13.2 Å². The lowest BCUT2D eigenvalue weighted by Crippen LogP contribution is -2.45. The molecule has 1 aliphatic heterocycles. The number of piperazine rings is 1. The number of alkyl halides is 1. The van der Waals surface area contributed by atoms with E-state index in [0.717, 1.165) is 13.1 Å². The summed E-state index contributed by atoms with van der Waals surface area (Å²) in [4.78, 5) is 1.85. The summed E-state index contributed by atoms with van der Waals surface area (Å²) in [6.07, 6.45) is 0. The van der Waals surface area contributed by atoms with Crippen molar-refractivity contribution in [1.82, 2.24) is 10.2 Å². The molecule has 1 atom stereocenters. The third kappa shape index (κ3) is 3.41. The molecule has 1 aromatic carbocycles. The highest BCUT2D eigenvalue weighted by Crippen LogP contribution is 2.27. The molecule has 2 nitrogen and oxygen atoms in total. The van der Waals surface area contributed by atoms with E-state index in [1.807, 2.05) is 4.90 Å². The van der Waals surface area contributed by atoms with E-state index < -0.39 is 24.4 Å². The Kier molecular flexibility index (Phi) is 6.10. The molecule has 0 unspecified atom stereocenters. The lowest BCUT2D eigenvalue weighted by atomic mass is 10.0. The zero-order valence-electron chi connectivity index (χ0n) is 10.8. The highest BCUT2D eigenvalue weighted by molar-refractivity contribution is 5.85. The summed E-state index contributed by atoms with van der Waals surface area (Å²) >= 11 is 0. The van der Waals surface area contributed by atoms with Crippen molar-refractivity contribution in [1.29, 1.82) is 0 Å². The Hall–Kier alpha value is -0.780. The minimum absolute atomic E-state index is 0. The van der Waals surface area contributed by atoms with E-state index >= 15 is 0 Å². The molecule has 108 valence electrons. The Balaban J connectivity index is 0.00000180. The molecule has 0 saturated carbocycles. The van der Waals surface area contributed by atoms with Gasteiger partial charge in [0.1, 0.15) is 6.67 Å². The van der Waals surface area contributed by atoms with Crippen LogP contribution in [0.4, 0.5) is 13.2 Å². The van der Waals surface area contributed by atoms with Gasteiger partial charge in [-0.1, -0.05) is 12.1 Å². The van der Waals surface area contributed by atoms with E-state index in [1.54, 1.807) is 0 Å². The number of hydrogen-bond donors (Lipinski definition) is 1. The molecule has 1 fully saturated rings. The molecule has 0 amide bonds. The van der Waals surface area contributed by atoms with Crippen LogP contribution in [0.1, 0.15) is 17.2 Å². The highest BCUT2D eigenvalue weighted by atomic mass is 35.5. The summed E-state index contributed by atoms with van der Waals surface area (Å²) in [7, 11) is 0. The maximum atomic E-state index is 13.9. The van der Waals surface area contributed by atoms with Gasteiger partial charge in [-0.15, -0.1) is 12.4 Å². The minimum Gasteiger partial charge on any atom is -0.314 e. The Morgan fingerprint density at radius 2 is 1.84 bits per heavy atom. The second-order valence-corrected chi connectivity index (χ2v) is 4.56. The van der Waals surface area contributed by atoms with Crippen LogP contribution in [0.3, 0.4) is 0 Å². The molecule has 1 heterocycles. The third-order valence-corrected chi connectivity index (χ3v) is 3.40. The predicted molar refractivity (Wildman–Crippen MR) is 71.5 cm³/mol. The molecule has 1 aromatic rings. The lowest BCUT2D eigenvalue weighted by Gasteiger charge is -2.33. The second-order valence-electron chi connectivity index (χ2n) is 4.56. The average Bonchev–Trinajstić information content (AvgIpc) is 2.41. The summed E-state index contributed by atoms with van der Waals surface area (Å²) in [5.74, 6) is -1.79. The van der Waals surface area contributed by atoms with Gasteiger partial charge in [0.2, 0.25) is 0 Å². The molecule has 0 aromatic heterocycles. The molecule has 0 aliphatic carbocycles. The van der Waals surface area contributed by atoms with E-state index in [1.165, 1.54) is 19.1 Å². The summed E-state index contributed by atoms with van der Waals surface area (Å²) in [6, 6.07) is 2.29. The molecule has 2 rings (SSSR count). The standard InChI is InChI=1S/C13H17F3N2.ClH/c1-9-2-3-10(13(16)12(9)15)11(8-14)18-6-4-17-5-7-18;/h2-3,11,17H,4-8H2,1H3;1H/t11-;/m0./s1. The predicted octanol–water partition coefficient (Wildman–Crippen LogP) is 2.61. The van der Waals surface area contributed by atoms with E-state index in [2.05, 4.69) is 5.32 Å². The molecule has 1 saturated heterocycles. The van der Waals surface area contributed by atoms with Gasteiger partial charge >= 0.3 is 0 Å². The summed E-state index contributed by atoms with van der Waals surface area (Å²) in [5, 5.41) is 3.15. The lowest BCUT2D eigenvalue weighted by molar-refractivity contribution is 0.144. The van der Waals surface area contributed by atoms with Crippen LogP contribution in [0.5, 0.6) is 0 Å². The molecule has 0 bridgehead atoms. The van der Waals surface area contributed by atoms with Crippen LogP contribution in [0.2, 0.25) is 0 Å². The maximum Gasteiger partial charge on any atom is 0.163 e. The first-order chi connectivity index (χ1) is 8.65. The molecular formula is C13H18ClF3N2. The fourth-order valence-electron chi connectivity index (χ4n) is 2.29. The van der Waals surface area contributed by atoms with Crippen LogP contribution in [-0.4, -0.2) is 37.8 Å². The van der Waals surface area contributed by atoms with Gasteiger partial charge in [0, 0.05) is 31.7 Å². The van der Waals surface area contributed by atoms with Gasteiger partial charge in [-0.05, 0) is 12.5 Å². The van der Waals surface area contributed by atoms with Crippen molar-refractivity contribution in [3.8, 4) is 0 Å². The second kappa shape index (κ2) is 7.12. The zero-order chi connectivity index (χ0) is 13.1. The number of nitrogens with one attached hydrogen (secondary N) is 1. The van der Waals surface area contributed by atoms with E-state index in [9.17, 15) is 13.2 Å². The Bertz CT molecular complexity index is 423. The molecule has 1 aliphatic rings. The van der Waals surface area contributed by atoms with Gasteiger partial charge in [0.25, 0.3) is 0 Å². The summed E-state index contributed by atoms with van der Waals surface area (Å²) < 4.78 is 40.6. The van der Waals surface area contributed by atoms with Crippen LogP contribution >= 0.6 is 12.4 Å². The van der Waals surface area contributed by atoms with Gasteiger partial charge in [0.15, 0.2) is 11.6 Å². The first-order valence-electron chi connectivity index (χ1n) is 6.10. The topological polar surface area (TPSA) is 15.3 Å². The van der Waals surface area contributed by atoms with E-state index in [0.29, 0.717) is 13.1 Å². The van der Waals surface area contributed by atoms with Crippen LogP contribution in [0, 0.1) is 18.6 Å². The van der Waals surface area contributed by atoms with Gasteiger partial charge in [-0.2, -0.15) is 0 Å². The molecule has 1 N–H and O–H groups in total. The minimum atomic E-state index is -0.920. The fourth-order valence-corrected chi connectivity index (χ4v) is 2.29. The van der Waals surface area contributed by atoms with Crippen molar-refractivity contribution in [3.05, 3.63) is 34.9 Å². The summed E-state index contributed by atoms with van der Waals surface area (Å²) in [5.41, 5.74) is 0.358. The third-order valence-electron chi connectivity index (χ3n) is 3.40. The van der Waals surface area contributed by atoms with Crippen molar-refractivity contribution in [2.45, 2.75) is 13.0 Å². The SMILES string of the molecule is Cc1ccc([C@H](CF)N2CCNCC2)c(F)c1F.Cl. The van der Waals surface area contributed by atoms with Crippen molar-refractivity contribution in [3.63, 3.8) is 0 Å². The molecule has 6 heteroatoms. The van der Waals surface area contributed by atoms with Gasteiger partial charge in [0.05, 0.1) is 6.04 Å². The van der Waals surface area contributed by atoms with Gasteiger partial charge < -0.3 is 5.32 Å². The molecule has 0 radical (unpaired) electrons. The van der Waals surface area contributed by atoms with Crippen LogP contribution in [0.15, 0.2) is 12.1 Å². The normalized spacial score (nSPS) is 17.9. The number of halogens is 4. The van der Waals surface area contributed by atoms with Crippen LogP contribution in [-0.2, 0) is 0 Å². The highest BCUT2D eigenvalue weighted by Gasteiger charge is 2.26. The van der Waals surface area contributed by atoms with E-state index in [-0.39, 0.29) is 23.5 Å². The largest absolute Gasteiger partial charge is 0.314 e. The number of rotatable bonds is 3. The quantitative estimate of drug-likeness (QED) is 0.922. The first-order valence-corrected chi connectivity index (χ1v) is 6.10. The Labute approximate surface area is 117 Å². The number of hydrogen-bond acceptors (Lipinski definition) is 2. The van der Waals surface area contributed by atoms with Crippen LogP contribution < -0.4 is 5.32 Å². The first kappa shape index (κ1) is 16.3. The van der Waals surface area contributed by atoms with Gasteiger partial charge in [-0.3, -0.25) is 4.90 Å². The Morgan fingerprint density at radius 3 is 2.42 bits per heavy atom. The summed E-state index contributed by atoms with van der Waals surface area (Å²) in [6.45, 7) is 3.56. The van der Waals surface area contributed by atoms with Crippen molar-refractivity contribution in [2.24, 2.45) is 0 Å². The fraction of sp³-hybridized carbons (Fsp3) is 0.538. The van der Waals surface area contributed by atoms with Crippen LogP contribution in [0.25, 0.3) is 0 Å². The zero-order valence-corrected chi connectivity index (χ0v) is 11.6. The van der Waals surface area contributed by atoms with Crippen molar-refractivity contribution < 1.29 is 13.2 Å². The number of nitrogens with zero attached hydrogens (tertiary/aromatic N) is 1. The average molecular weight is 295 g/mol. The molecule has 0 spiro atoms. The smallest absolute Gasteiger partial charge is 0.163 e. The van der Waals surface area contributed by atoms with Crippen molar-refractivity contribution >= 4 is 12.4 Å².